The largest absolute Gasteiger partial charge is 0.493 e. The molecule has 0 unspecified atom stereocenters. The van der Waals surface area contributed by atoms with Crippen molar-refractivity contribution in [3.8, 4) is 5.75 Å². The van der Waals surface area contributed by atoms with Crippen molar-refractivity contribution in [1.29, 1.82) is 0 Å². The lowest BCUT2D eigenvalue weighted by atomic mass is 10.0. The van der Waals surface area contributed by atoms with Crippen LogP contribution in [-0.2, 0) is 22.6 Å². The van der Waals surface area contributed by atoms with Gasteiger partial charge in [0.25, 0.3) is 11.8 Å². The molecule has 2 aliphatic rings. The third-order valence-electron chi connectivity index (χ3n) is 5.92. The van der Waals surface area contributed by atoms with Crippen molar-refractivity contribution >= 4 is 23.1 Å². The second-order valence-corrected chi connectivity index (χ2v) is 8.76. The molecule has 2 amide bonds. The predicted octanol–water partition coefficient (Wildman–Crippen LogP) is 4.66. The second kappa shape index (κ2) is 8.62. The minimum Gasteiger partial charge on any atom is -0.493 e. The number of carbonyl (C=O) groups excluding carboxylic acids is 2. The van der Waals surface area contributed by atoms with Crippen LogP contribution < -0.4 is 9.64 Å². The number of anilines is 1. The Labute approximate surface area is 193 Å². The van der Waals surface area contributed by atoms with Crippen molar-refractivity contribution < 1.29 is 18.7 Å². The van der Waals surface area contributed by atoms with Gasteiger partial charge in [-0.15, -0.1) is 0 Å². The van der Waals surface area contributed by atoms with Gasteiger partial charge in [-0.05, 0) is 53.8 Å². The maximum Gasteiger partial charge on any atom is 0.278 e. The number of carbonyl (C=O) groups is 2. The number of benzene rings is 2. The normalized spacial score (nSPS) is 15.7. The highest BCUT2D eigenvalue weighted by molar-refractivity contribution is 6.36. The van der Waals surface area contributed by atoms with Crippen LogP contribution in [-0.4, -0.2) is 29.9 Å². The van der Waals surface area contributed by atoms with Crippen molar-refractivity contribution in [1.82, 2.24) is 4.90 Å². The Morgan fingerprint density at radius 1 is 0.970 bits per heavy atom. The van der Waals surface area contributed by atoms with E-state index in [0.29, 0.717) is 41.7 Å². The molecule has 2 aromatic carbocycles. The summed E-state index contributed by atoms with van der Waals surface area (Å²) >= 11 is 0. The lowest BCUT2D eigenvalue weighted by molar-refractivity contribution is -0.137. The van der Waals surface area contributed by atoms with Crippen LogP contribution in [0.15, 0.2) is 77.0 Å². The monoisotopic (exact) mass is 442 g/mol. The first-order valence-corrected chi connectivity index (χ1v) is 11.2. The van der Waals surface area contributed by atoms with Crippen LogP contribution in [0.3, 0.4) is 0 Å². The second-order valence-electron chi connectivity index (χ2n) is 8.76. The fraction of sp³-hybridized carbons (Fsp3) is 0.259. The molecule has 0 saturated carbocycles. The number of imide groups is 1. The molecule has 1 aromatic heterocycles. The predicted molar refractivity (Wildman–Crippen MR) is 125 cm³/mol. The Morgan fingerprint density at radius 2 is 1.76 bits per heavy atom. The van der Waals surface area contributed by atoms with E-state index in [0.717, 1.165) is 17.9 Å². The van der Waals surface area contributed by atoms with E-state index in [1.165, 1.54) is 10.5 Å². The Bertz CT molecular complexity index is 1210. The van der Waals surface area contributed by atoms with Gasteiger partial charge in [0.1, 0.15) is 17.2 Å². The van der Waals surface area contributed by atoms with Crippen LogP contribution >= 0.6 is 0 Å². The van der Waals surface area contributed by atoms with Crippen LogP contribution in [0.5, 0.6) is 5.75 Å². The fourth-order valence-electron chi connectivity index (χ4n) is 4.33. The number of nitrogens with zero attached hydrogens (tertiary/aromatic N) is 2. The number of ether oxygens (including phenoxy) is 1. The van der Waals surface area contributed by atoms with Gasteiger partial charge >= 0.3 is 0 Å². The molecule has 2 aliphatic heterocycles. The van der Waals surface area contributed by atoms with Gasteiger partial charge in [-0.1, -0.05) is 44.2 Å². The maximum atomic E-state index is 13.6. The Kier molecular flexibility index (Phi) is 5.50. The molecule has 0 spiro atoms. The number of hydrogen-bond acceptors (Lipinski definition) is 5. The molecule has 6 heteroatoms. The first-order valence-electron chi connectivity index (χ1n) is 11.2. The summed E-state index contributed by atoms with van der Waals surface area (Å²) in [5.41, 5.74) is 3.69. The minimum atomic E-state index is -0.313. The number of amides is 2. The van der Waals surface area contributed by atoms with E-state index in [2.05, 4.69) is 19.9 Å². The van der Waals surface area contributed by atoms with Crippen molar-refractivity contribution in [2.24, 2.45) is 5.92 Å². The van der Waals surface area contributed by atoms with E-state index in [9.17, 15) is 9.59 Å². The lowest BCUT2D eigenvalue weighted by Gasteiger charge is -2.21. The molecule has 0 saturated heterocycles. The van der Waals surface area contributed by atoms with Crippen LogP contribution in [0.2, 0.25) is 0 Å². The molecule has 168 valence electrons. The quantitative estimate of drug-likeness (QED) is 0.498. The molecule has 33 heavy (non-hydrogen) atoms. The first-order chi connectivity index (χ1) is 16.0. The standard InChI is InChI=1S/C27H26N2O4/c1-18(2)17-33-21-11-9-20(10-12-21)24-25(28-14-13-19-6-3-4-8-23(19)28)27(31)29(26(24)30)16-22-7-5-15-32-22/h3-12,15,18H,13-14,16-17H2,1-2H3. The topological polar surface area (TPSA) is 63.0 Å². The minimum absolute atomic E-state index is 0.0999. The zero-order valence-electron chi connectivity index (χ0n) is 18.8. The molecule has 6 nitrogen and oxygen atoms in total. The maximum absolute atomic E-state index is 13.6. The summed E-state index contributed by atoms with van der Waals surface area (Å²) in [7, 11) is 0. The van der Waals surface area contributed by atoms with Gasteiger partial charge in [0.15, 0.2) is 0 Å². The molecule has 5 rings (SSSR count). The number of para-hydroxylation sites is 1. The van der Waals surface area contributed by atoms with Gasteiger partial charge < -0.3 is 14.1 Å². The smallest absolute Gasteiger partial charge is 0.278 e. The number of furan rings is 1. The highest BCUT2D eigenvalue weighted by Crippen LogP contribution is 2.39. The third kappa shape index (κ3) is 3.93. The summed E-state index contributed by atoms with van der Waals surface area (Å²) in [6.45, 7) is 5.56. The molecular formula is C27H26N2O4. The van der Waals surface area contributed by atoms with E-state index in [1.54, 1.807) is 18.4 Å². The lowest BCUT2D eigenvalue weighted by Crippen LogP contribution is -2.34. The van der Waals surface area contributed by atoms with Crippen LogP contribution in [0.1, 0.15) is 30.7 Å². The van der Waals surface area contributed by atoms with E-state index >= 15 is 0 Å². The van der Waals surface area contributed by atoms with Gasteiger partial charge in [0, 0.05) is 12.2 Å². The van der Waals surface area contributed by atoms with Crippen molar-refractivity contribution in [3.63, 3.8) is 0 Å². The van der Waals surface area contributed by atoms with Gasteiger partial charge in [0.05, 0.1) is 25.0 Å². The van der Waals surface area contributed by atoms with Gasteiger partial charge in [0.2, 0.25) is 0 Å². The Balaban J connectivity index is 1.54. The molecule has 3 aromatic rings. The molecule has 0 aliphatic carbocycles. The molecular weight excluding hydrogens is 416 g/mol. The molecule has 3 heterocycles. The molecule has 0 radical (unpaired) electrons. The van der Waals surface area contributed by atoms with Crippen molar-refractivity contribution in [2.45, 2.75) is 26.8 Å². The molecule has 0 atom stereocenters. The van der Waals surface area contributed by atoms with Crippen molar-refractivity contribution in [2.75, 3.05) is 18.1 Å². The summed E-state index contributed by atoms with van der Waals surface area (Å²) in [5, 5.41) is 0. The van der Waals surface area contributed by atoms with Gasteiger partial charge in [-0.2, -0.15) is 0 Å². The van der Waals surface area contributed by atoms with Crippen LogP contribution in [0, 0.1) is 5.92 Å². The first kappa shape index (κ1) is 21.1. The molecule has 0 bridgehead atoms. The number of fused-ring (bicyclic) bond motifs is 1. The fourth-order valence-corrected chi connectivity index (χ4v) is 4.33. The zero-order valence-corrected chi connectivity index (χ0v) is 18.8. The number of hydrogen-bond donors (Lipinski definition) is 0. The van der Waals surface area contributed by atoms with E-state index in [4.69, 9.17) is 9.15 Å². The summed E-state index contributed by atoms with van der Waals surface area (Å²) < 4.78 is 11.2. The number of rotatable bonds is 7. The zero-order chi connectivity index (χ0) is 22.9. The summed E-state index contributed by atoms with van der Waals surface area (Å²) in [6, 6.07) is 19.0. The van der Waals surface area contributed by atoms with Crippen LogP contribution in [0.25, 0.3) is 5.57 Å². The third-order valence-corrected chi connectivity index (χ3v) is 5.92. The Morgan fingerprint density at radius 3 is 2.48 bits per heavy atom. The Hall–Kier alpha value is -3.80. The molecule has 0 N–H and O–H groups in total. The summed E-state index contributed by atoms with van der Waals surface area (Å²) in [5.74, 6) is 1.11. The van der Waals surface area contributed by atoms with E-state index in [-0.39, 0.29) is 18.4 Å². The van der Waals surface area contributed by atoms with Crippen LogP contribution in [0.4, 0.5) is 5.69 Å². The SMILES string of the molecule is CC(C)COc1ccc(C2=C(N3CCc4ccccc43)C(=O)N(Cc3ccco3)C2=O)cc1. The average Bonchev–Trinajstić information content (AvgIpc) is 3.53. The summed E-state index contributed by atoms with van der Waals surface area (Å²) in [6.07, 6.45) is 2.37. The highest BCUT2D eigenvalue weighted by atomic mass is 16.5. The van der Waals surface area contributed by atoms with E-state index in [1.807, 2.05) is 47.4 Å². The highest BCUT2D eigenvalue weighted by Gasteiger charge is 2.43. The van der Waals surface area contributed by atoms with E-state index < -0.39 is 0 Å². The molecule has 0 fully saturated rings. The van der Waals surface area contributed by atoms with Gasteiger partial charge in [-0.3, -0.25) is 14.5 Å². The summed E-state index contributed by atoms with van der Waals surface area (Å²) in [4.78, 5) is 30.4. The van der Waals surface area contributed by atoms with Crippen molar-refractivity contribution in [3.05, 3.63) is 89.5 Å². The van der Waals surface area contributed by atoms with Gasteiger partial charge in [-0.25, -0.2) is 0 Å². The average molecular weight is 443 g/mol.